The SMILES string of the molecule is C#CCOc1ccc(C[C@H](NC(=O)OC(C)(C)C)C(=O)N[C@H]2[C@@H](O)[C@H](n3cnc4c(N(C)C)ncnc43)O[C@@H]2CO)cc1. The van der Waals surface area contributed by atoms with Crippen LogP contribution < -0.4 is 20.3 Å². The Morgan fingerprint density at radius 3 is 2.56 bits per heavy atom. The van der Waals surface area contributed by atoms with E-state index in [-0.39, 0.29) is 13.0 Å². The normalized spacial score (nSPS) is 20.7. The molecule has 0 unspecified atom stereocenters. The van der Waals surface area contributed by atoms with Crippen LogP contribution in [0.1, 0.15) is 32.6 Å². The lowest BCUT2D eigenvalue weighted by atomic mass is 10.0. The Hall–Kier alpha value is -4.45. The number of nitrogens with one attached hydrogen (secondary N) is 2. The number of aliphatic hydroxyl groups excluding tert-OH is 2. The van der Waals surface area contributed by atoms with E-state index in [0.29, 0.717) is 28.3 Å². The molecule has 0 spiro atoms. The number of hydrogen-bond acceptors (Lipinski definition) is 11. The molecule has 3 aromatic rings. The van der Waals surface area contributed by atoms with Gasteiger partial charge >= 0.3 is 6.09 Å². The second-order valence-electron chi connectivity index (χ2n) is 11.2. The largest absolute Gasteiger partial charge is 0.481 e. The molecule has 0 radical (unpaired) electrons. The van der Waals surface area contributed by atoms with Gasteiger partial charge in [-0.25, -0.2) is 19.7 Å². The van der Waals surface area contributed by atoms with Gasteiger partial charge in [0, 0.05) is 20.5 Å². The highest BCUT2D eigenvalue weighted by atomic mass is 16.6. The van der Waals surface area contributed by atoms with Gasteiger partial charge in [-0.1, -0.05) is 18.1 Å². The molecule has 2 aromatic heterocycles. The van der Waals surface area contributed by atoms with Crippen LogP contribution in [0.25, 0.3) is 11.2 Å². The zero-order valence-corrected chi connectivity index (χ0v) is 24.7. The number of alkyl carbamates (subject to hydrolysis) is 1. The van der Waals surface area contributed by atoms with Crippen molar-refractivity contribution < 1.29 is 34.0 Å². The summed E-state index contributed by atoms with van der Waals surface area (Å²) in [6, 6.07) is 4.78. The molecule has 0 bridgehead atoms. The molecule has 0 saturated carbocycles. The molecule has 4 rings (SSSR count). The molecule has 43 heavy (non-hydrogen) atoms. The third kappa shape index (κ3) is 7.50. The molecule has 1 aromatic carbocycles. The van der Waals surface area contributed by atoms with Crippen molar-refractivity contribution in [1.29, 1.82) is 0 Å². The predicted molar refractivity (Wildman–Crippen MR) is 156 cm³/mol. The third-order valence-corrected chi connectivity index (χ3v) is 6.59. The topological polar surface area (TPSA) is 173 Å². The highest BCUT2D eigenvalue weighted by Gasteiger charge is 2.46. The van der Waals surface area contributed by atoms with E-state index in [1.165, 1.54) is 17.2 Å². The van der Waals surface area contributed by atoms with E-state index in [1.54, 1.807) is 49.9 Å². The van der Waals surface area contributed by atoms with Crippen molar-refractivity contribution in [3.05, 3.63) is 42.5 Å². The Kier molecular flexibility index (Phi) is 9.70. The quantitative estimate of drug-likeness (QED) is 0.244. The van der Waals surface area contributed by atoms with Gasteiger partial charge in [-0.15, -0.1) is 6.42 Å². The van der Waals surface area contributed by atoms with E-state index in [9.17, 15) is 19.8 Å². The summed E-state index contributed by atoms with van der Waals surface area (Å²) in [5, 5.41) is 26.8. The number of terminal acetylenes is 1. The molecule has 14 heteroatoms. The second-order valence-corrected chi connectivity index (χ2v) is 11.2. The van der Waals surface area contributed by atoms with E-state index in [1.807, 2.05) is 14.1 Å². The average molecular weight is 596 g/mol. The minimum Gasteiger partial charge on any atom is -0.481 e. The van der Waals surface area contributed by atoms with Gasteiger partial charge in [0.2, 0.25) is 5.91 Å². The van der Waals surface area contributed by atoms with Gasteiger partial charge in [0.05, 0.1) is 19.0 Å². The zero-order chi connectivity index (χ0) is 31.3. The number of carbonyl (C=O) groups excluding carboxylic acids is 2. The Bertz CT molecular complexity index is 1460. The van der Waals surface area contributed by atoms with Crippen LogP contribution in [0.3, 0.4) is 0 Å². The van der Waals surface area contributed by atoms with Crippen LogP contribution in [0, 0.1) is 12.3 Å². The molecule has 14 nitrogen and oxygen atoms in total. The Labute approximate surface area is 249 Å². The van der Waals surface area contributed by atoms with Crippen molar-refractivity contribution in [3.8, 4) is 18.1 Å². The van der Waals surface area contributed by atoms with Crippen molar-refractivity contribution in [3.63, 3.8) is 0 Å². The van der Waals surface area contributed by atoms with Crippen LogP contribution in [0.15, 0.2) is 36.9 Å². The first-order valence-electron chi connectivity index (χ1n) is 13.7. The number of carbonyl (C=O) groups is 2. The fraction of sp³-hybridized carbons (Fsp3) is 0.483. The maximum absolute atomic E-state index is 13.6. The summed E-state index contributed by atoms with van der Waals surface area (Å²) in [6.07, 6.45) is 4.09. The summed E-state index contributed by atoms with van der Waals surface area (Å²) in [5.41, 5.74) is 0.819. The Morgan fingerprint density at radius 1 is 1.21 bits per heavy atom. The maximum atomic E-state index is 13.6. The molecule has 1 fully saturated rings. The van der Waals surface area contributed by atoms with E-state index >= 15 is 0 Å². The molecule has 1 aliphatic rings. The lowest BCUT2D eigenvalue weighted by Crippen LogP contribution is -2.56. The van der Waals surface area contributed by atoms with Crippen LogP contribution in [-0.2, 0) is 20.7 Å². The van der Waals surface area contributed by atoms with Gasteiger partial charge in [0.1, 0.15) is 42.5 Å². The van der Waals surface area contributed by atoms with E-state index in [0.717, 1.165) is 0 Å². The lowest BCUT2D eigenvalue weighted by molar-refractivity contribution is -0.125. The van der Waals surface area contributed by atoms with E-state index < -0.39 is 54.7 Å². The molecule has 230 valence electrons. The van der Waals surface area contributed by atoms with Gasteiger partial charge in [0.25, 0.3) is 0 Å². The minimum absolute atomic E-state index is 0.0910. The minimum atomic E-state index is -1.30. The van der Waals surface area contributed by atoms with Crippen LogP contribution >= 0.6 is 0 Å². The van der Waals surface area contributed by atoms with Gasteiger partial charge < -0.3 is 40.0 Å². The van der Waals surface area contributed by atoms with Crippen LogP contribution in [-0.4, -0.2) is 98.9 Å². The smallest absolute Gasteiger partial charge is 0.408 e. The standard InChI is InChI=1S/C29H37N7O7/c1-7-12-41-18-10-8-17(9-11-18)13-19(33-28(40)43-29(2,3)4)26(39)34-21-20(14-37)42-27(23(21)38)36-16-32-22-24(35(5)6)30-15-31-25(22)36/h1,8-11,15-16,19-21,23,27,37-38H,12-14H2,2-6H3,(H,33,40)(H,34,39)/t19-,20+,21+,23+,27+/m0/s1. The van der Waals surface area contributed by atoms with Crippen LogP contribution in [0.2, 0.25) is 0 Å². The molecule has 0 aliphatic carbocycles. The number of nitrogens with zero attached hydrogens (tertiary/aromatic N) is 5. The summed E-state index contributed by atoms with van der Waals surface area (Å²) in [7, 11) is 3.64. The summed E-state index contributed by atoms with van der Waals surface area (Å²) in [5.74, 6) is 2.91. The Balaban J connectivity index is 1.55. The van der Waals surface area contributed by atoms with Gasteiger partial charge in [0.15, 0.2) is 23.2 Å². The number of amides is 2. The highest BCUT2D eigenvalue weighted by molar-refractivity contribution is 5.86. The number of imidazole rings is 1. The number of rotatable bonds is 10. The van der Waals surface area contributed by atoms with E-state index in [2.05, 4.69) is 31.5 Å². The highest BCUT2D eigenvalue weighted by Crippen LogP contribution is 2.32. The molecular weight excluding hydrogens is 558 g/mol. The van der Waals surface area contributed by atoms with Gasteiger partial charge in [-0.3, -0.25) is 9.36 Å². The molecule has 4 N–H and O–H groups in total. The number of aliphatic hydroxyl groups is 2. The van der Waals surface area contributed by atoms with Crippen molar-refractivity contribution >= 4 is 29.0 Å². The third-order valence-electron chi connectivity index (χ3n) is 6.59. The summed E-state index contributed by atoms with van der Waals surface area (Å²) in [6.45, 7) is 4.75. The van der Waals surface area contributed by atoms with Crippen LogP contribution in [0.4, 0.5) is 10.6 Å². The maximum Gasteiger partial charge on any atom is 0.408 e. The first-order valence-corrected chi connectivity index (χ1v) is 13.7. The molecule has 1 aliphatic heterocycles. The van der Waals surface area contributed by atoms with Crippen LogP contribution in [0.5, 0.6) is 5.75 Å². The van der Waals surface area contributed by atoms with Crippen molar-refractivity contribution in [2.75, 3.05) is 32.2 Å². The van der Waals surface area contributed by atoms with Crippen molar-refractivity contribution in [2.24, 2.45) is 0 Å². The van der Waals surface area contributed by atoms with Gasteiger partial charge in [-0.2, -0.15) is 0 Å². The second kappa shape index (κ2) is 13.2. The predicted octanol–water partition coefficient (Wildman–Crippen LogP) is 0.776. The monoisotopic (exact) mass is 595 g/mol. The molecule has 3 heterocycles. The fourth-order valence-corrected chi connectivity index (χ4v) is 4.67. The molecule has 5 atom stereocenters. The number of ether oxygens (including phenoxy) is 3. The molecule has 1 saturated heterocycles. The first kappa shape index (κ1) is 31.5. The number of benzene rings is 1. The molecular formula is C29H37N7O7. The zero-order valence-electron chi connectivity index (χ0n) is 24.7. The Morgan fingerprint density at radius 2 is 1.93 bits per heavy atom. The summed E-state index contributed by atoms with van der Waals surface area (Å²) < 4.78 is 18.3. The van der Waals surface area contributed by atoms with Crippen molar-refractivity contribution in [1.82, 2.24) is 30.2 Å². The summed E-state index contributed by atoms with van der Waals surface area (Å²) in [4.78, 5) is 41.0. The number of aromatic nitrogens is 4. The summed E-state index contributed by atoms with van der Waals surface area (Å²) >= 11 is 0. The lowest BCUT2D eigenvalue weighted by Gasteiger charge is -2.26. The fourth-order valence-electron chi connectivity index (χ4n) is 4.67. The van der Waals surface area contributed by atoms with E-state index in [4.69, 9.17) is 20.6 Å². The van der Waals surface area contributed by atoms with Crippen molar-refractivity contribution in [2.45, 2.75) is 63.3 Å². The average Bonchev–Trinajstić information content (AvgIpc) is 3.51. The number of anilines is 1. The molecule has 2 amide bonds. The van der Waals surface area contributed by atoms with Gasteiger partial charge in [-0.05, 0) is 38.5 Å². The number of hydrogen-bond donors (Lipinski definition) is 4. The number of fused-ring (bicyclic) bond motifs is 1. The first-order chi connectivity index (χ1) is 20.4.